The lowest BCUT2D eigenvalue weighted by molar-refractivity contribution is -0.149. The minimum absolute atomic E-state index is 0.156. The summed E-state index contributed by atoms with van der Waals surface area (Å²) < 4.78 is 5.75. The number of hydrogen-bond donors (Lipinski definition) is 0. The molecule has 0 aliphatic carbocycles. The van der Waals surface area contributed by atoms with Crippen molar-refractivity contribution >= 4 is 11.9 Å². The molecule has 4 nitrogen and oxygen atoms in total. The number of allylic oxidation sites excluding steroid dienone is 2. The summed E-state index contributed by atoms with van der Waals surface area (Å²) in [6, 6.07) is 0. The largest absolute Gasteiger partial charge is 0.466 e. The van der Waals surface area contributed by atoms with Crippen LogP contribution in [0.25, 0.3) is 0 Å². The molecule has 0 rings (SSSR count). The third-order valence-corrected chi connectivity index (χ3v) is 16.0. The Morgan fingerprint density at radius 3 is 0.917 bits per heavy atom. The molecule has 1 atom stereocenters. The van der Waals surface area contributed by atoms with Gasteiger partial charge in [-0.1, -0.05) is 348 Å². The van der Waals surface area contributed by atoms with Crippen molar-refractivity contribution in [2.45, 2.75) is 387 Å². The SMILES string of the molecule is CCCC/C=C/CCCCCCCCCCCCCCCCCCCCCCCCCCCCCCCCCCC(CC(=O)OCCCCCCCC)C(=O)N(CCCCCCCC)CCCCCCCC. The average molecular weight is 1010 g/mol. The highest BCUT2D eigenvalue weighted by Gasteiger charge is 2.27. The van der Waals surface area contributed by atoms with Crippen molar-refractivity contribution in [2.24, 2.45) is 5.92 Å². The first-order valence-electron chi connectivity index (χ1n) is 33.7. The van der Waals surface area contributed by atoms with Gasteiger partial charge in [-0.2, -0.15) is 0 Å². The summed E-state index contributed by atoms with van der Waals surface area (Å²) in [4.78, 5) is 29.5. The van der Waals surface area contributed by atoms with E-state index in [1.54, 1.807) is 0 Å². The van der Waals surface area contributed by atoms with Crippen LogP contribution in [-0.2, 0) is 14.3 Å². The number of hydrogen-bond acceptors (Lipinski definition) is 3. The molecule has 0 bridgehead atoms. The Labute approximate surface area is 454 Å². The Hall–Kier alpha value is -1.32. The van der Waals surface area contributed by atoms with Crippen LogP contribution in [0.1, 0.15) is 387 Å². The summed E-state index contributed by atoms with van der Waals surface area (Å²) >= 11 is 0. The lowest BCUT2D eigenvalue weighted by Gasteiger charge is -2.27. The summed E-state index contributed by atoms with van der Waals surface area (Å²) in [6.45, 7) is 11.3. The highest BCUT2D eigenvalue weighted by atomic mass is 16.5. The highest BCUT2D eigenvalue weighted by Crippen LogP contribution is 2.23. The molecule has 72 heavy (non-hydrogen) atoms. The molecule has 0 saturated carbocycles. The number of amides is 1. The van der Waals surface area contributed by atoms with E-state index in [2.05, 4.69) is 44.7 Å². The molecule has 0 aromatic heterocycles. The molecule has 0 radical (unpaired) electrons. The van der Waals surface area contributed by atoms with Crippen LogP contribution in [0, 0.1) is 5.92 Å². The fourth-order valence-electron chi connectivity index (χ4n) is 10.9. The van der Waals surface area contributed by atoms with E-state index in [-0.39, 0.29) is 24.2 Å². The lowest BCUT2D eigenvalue weighted by Crippen LogP contribution is -2.38. The average Bonchev–Trinajstić information content (AvgIpc) is 3.38. The van der Waals surface area contributed by atoms with E-state index in [0.29, 0.717) is 6.61 Å². The summed E-state index contributed by atoms with van der Waals surface area (Å²) in [5.41, 5.74) is 0. The van der Waals surface area contributed by atoms with Crippen LogP contribution in [0.3, 0.4) is 0 Å². The fraction of sp³-hybridized carbons (Fsp3) is 0.941. The molecule has 0 aromatic rings. The number of nitrogens with zero attached hydrogens (tertiary/aromatic N) is 1. The maximum Gasteiger partial charge on any atom is 0.306 e. The predicted molar refractivity (Wildman–Crippen MR) is 321 cm³/mol. The van der Waals surface area contributed by atoms with Gasteiger partial charge in [-0.25, -0.2) is 0 Å². The third kappa shape index (κ3) is 54.9. The van der Waals surface area contributed by atoms with Crippen LogP contribution in [0.15, 0.2) is 12.2 Å². The number of unbranched alkanes of at least 4 members (excludes halogenated alkanes) is 49. The topological polar surface area (TPSA) is 46.6 Å². The molecular formula is C68H133NO3. The zero-order valence-electron chi connectivity index (χ0n) is 50.1. The van der Waals surface area contributed by atoms with Crippen LogP contribution in [0.4, 0.5) is 0 Å². The second-order valence-electron chi connectivity index (χ2n) is 23.3. The Morgan fingerprint density at radius 1 is 0.319 bits per heavy atom. The molecule has 1 amide bonds. The van der Waals surface area contributed by atoms with E-state index in [0.717, 1.165) is 51.6 Å². The quantitative estimate of drug-likeness (QED) is 0.0346. The van der Waals surface area contributed by atoms with Crippen molar-refractivity contribution in [3.05, 3.63) is 12.2 Å². The minimum Gasteiger partial charge on any atom is -0.466 e. The minimum atomic E-state index is -0.227. The lowest BCUT2D eigenvalue weighted by atomic mass is 9.95. The Kier molecular flexibility index (Phi) is 61.1. The predicted octanol–water partition coefficient (Wildman–Crippen LogP) is 23.5. The Morgan fingerprint density at radius 2 is 0.583 bits per heavy atom. The molecule has 0 fully saturated rings. The van der Waals surface area contributed by atoms with Crippen molar-refractivity contribution in [2.75, 3.05) is 19.7 Å². The molecular weight excluding hydrogens is 879 g/mol. The van der Waals surface area contributed by atoms with E-state index < -0.39 is 0 Å². The van der Waals surface area contributed by atoms with E-state index >= 15 is 0 Å². The smallest absolute Gasteiger partial charge is 0.306 e. The maximum atomic E-state index is 14.2. The molecule has 0 spiro atoms. The highest BCUT2D eigenvalue weighted by molar-refractivity contribution is 5.83. The van der Waals surface area contributed by atoms with E-state index in [4.69, 9.17) is 4.74 Å². The van der Waals surface area contributed by atoms with Crippen LogP contribution in [0.5, 0.6) is 0 Å². The molecule has 0 aromatic carbocycles. The zero-order valence-corrected chi connectivity index (χ0v) is 50.1. The van der Waals surface area contributed by atoms with Crippen molar-refractivity contribution in [3.63, 3.8) is 0 Å². The normalized spacial score (nSPS) is 12.1. The zero-order chi connectivity index (χ0) is 52.2. The van der Waals surface area contributed by atoms with Crippen molar-refractivity contribution in [3.8, 4) is 0 Å². The molecule has 0 N–H and O–H groups in total. The van der Waals surface area contributed by atoms with Crippen LogP contribution < -0.4 is 0 Å². The van der Waals surface area contributed by atoms with Gasteiger partial charge in [0.15, 0.2) is 0 Å². The second kappa shape index (κ2) is 62.2. The fourth-order valence-corrected chi connectivity index (χ4v) is 10.9. The number of carbonyl (C=O) groups excluding carboxylic acids is 2. The van der Waals surface area contributed by atoms with Crippen molar-refractivity contribution < 1.29 is 14.3 Å². The van der Waals surface area contributed by atoms with Crippen molar-refractivity contribution in [1.82, 2.24) is 4.90 Å². The van der Waals surface area contributed by atoms with Gasteiger partial charge < -0.3 is 9.64 Å². The van der Waals surface area contributed by atoms with Crippen LogP contribution >= 0.6 is 0 Å². The van der Waals surface area contributed by atoms with Gasteiger partial charge >= 0.3 is 5.97 Å². The van der Waals surface area contributed by atoms with Crippen LogP contribution in [0.2, 0.25) is 0 Å². The molecule has 1 unspecified atom stereocenters. The van der Waals surface area contributed by atoms with Gasteiger partial charge in [0.05, 0.1) is 13.0 Å². The van der Waals surface area contributed by atoms with Gasteiger partial charge in [0, 0.05) is 19.0 Å². The van der Waals surface area contributed by atoms with Gasteiger partial charge in [0.25, 0.3) is 0 Å². The molecule has 4 heteroatoms. The Bertz CT molecular complexity index is 1060. The number of ether oxygens (including phenoxy) is 1. The monoisotopic (exact) mass is 1010 g/mol. The molecule has 0 saturated heterocycles. The van der Waals surface area contributed by atoms with Gasteiger partial charge in [-0.15, -0.1) is 0 Å². The third-order valence-electron chi connectivity index (χ3n) is 16.0. The first kappa shape index (κ1) is 70.7. The van der Waals surface area contributed by atoms with Gasteiger partial charge in [-0.3, -0.25) is 9.59 Å². The van der Waals surface area contributed by atoms with Gasteiger partial charge in [-0.05, 0) is 44.9 Å². The summed E-state index contributed by atoms with van der Waals surface area (Å²) in [7, 11) is 0. The van der Waals surface area contributed by atoms with Gasteiger partial charge in [0.2, 0.25) is 5.91 Å². The number of carbonyl (C=O) groups is 2. The number of rotatable bonds is 62. The maximum absolute atomic E-state index is 14.2. The Balaban J connectivity index is 4.02. The molecule has 428 valence electrons. The number of esters is 1. The van der Waals surface area contributed by atoms with Crippen molar-refractivity contribution in [1.29, 1.82) is 0 Å². The second-order valence-corrected chi connectivity index (χ2v) is 23.3. The first-order valence-corrected chi connectivity index (χ1v) is 33.7. The molecule has 0 heterocycles. The first-order chi connectivity index (χ1) is 35.6. The molecule has 0 aliphatic heterocycles. The van der Waals surface area contributed by atoms with E-state index in [9.17, 15) is 9.59 Å². The summed E-state index contributed by atoms with van der Waals surface area (Å²) in [5.74, 6) is -0.152. The van der Waals surface area contributed by atoms with Gasteiger partial charge in [0.1, 0.15) is 0 Å². The summed E-state index contributed by atoms with van der Waals surface area (Å²) in [6.07, 6.45) is 78.3. The van der Waals surface area contributed by atoms with E-state index in [1.807, 2.05) is 0 Å². The standard InChI is InChI=1S/C68H133NO3/c1-5-9-13-17-21-22-23-24-25-26-27-28-29-30-31-32-33-34-35-36-37-38-39-40-41-42-43-44-45-46-47-48-49-50-51-52-53-57-61-66(65-67(70)72-64-60-56-20-16-12-8-4)68(71)69(62-58-54-18-14-10-6-2)63-59-55-19-15-11-7-3/h17,21,66H,5-16,18-20,22-65H2,1-4H3/b21-17+. The molecule has 0 aliphatic rings. The summed E-state index contributed by atoms with van der Waals surface area (Å²) in [5, 5.41) is 0. The van der Waals surface area contributed by atoms with E-state index in [1.165, 1.54) is 315 Å². The van der Waals surface area contributed by atoms with Crippen LogP contribution in [-0.4, -0.2) is 36.5 Å².